The zero-order valence-electron chi connectivity index (χ0n) is 9.79. The Kier molecular flexibility index (Phi) is 2.29. The number of methoxy groups -OCH3 is 1. The van der Waals surface area contributed by atoms with Crippen molar-refractivity contribution >= 4 is 5.90 Å². The summed E-state index contributed by atoms with van der Waals surface area (Å²) in [6.07, 6.45) is 0. The minimum Gasteiger partial charge on any atom is -0.481 e. The molecule has 1 aliphatic rings. The lowest BCUT2D eigenvalue weighted by atomic mass is 9.85. The van der Waals surface area contributed by atoms with Crippen molar-refractivity contribution in [1.82, 2.24) is 0 Å². The molecule has 0 amide bonds. The van der Waals surface area contributed by atoms with E-state index in [0.29, 0.717) is 0 Å². The SMILES string of the molecule is COC1=NCc2ccc(C(C)(C)C)cc21. The van der Waals surface area contributed by atoms with E-state index in [-0.39, 0.29) is 5.41 Å². The molecule has 15 heavy (non-hydrogen) atoms. The summed E-state index contributed by atoms with van der Waals surface area (Å²) in [6, 6.07) is 6.54. The number of benzene rings is 1. The van der Waals surface area contributed by atoms with Crippen molar-refractivity contribution in [1.29, 1.82) is 0 Å². The number of hydrogen-bond donors (Lipinski definition) is 0. The number of ether oxygens (including phenoxy) is 1. The molecule has 0 N–H and O–H groups in total. The van der Waals surface area contributed by atoms with E-state index in [0.717, 1.165) is 18.0 Å². The van der Waals surface area contributed by atoms with Crippen LogP contribution in [0.2, 0.25) is 0 Å². The molecule has 0 atom stereocenters. The number of aliphatic imine (C=N–C) groups is 1. The Balaban J connectivity index is 2.46. The monoisotopic (exact) mass is 203 g/mol. The smallest absolute Gasteiger partial charge is 0.216 e. The van der Waals surface area contributed by atoms with Gasteiger partial charge in [0.15, 0.2) is 0 Å². The molecule has 0 bridgehead atoms. The largest absolute Gasteiger partial charge is 0.481 e. The third-order valence-corrected chi connectivity index (χ3v) is 2.79. The first kappa shape index (κ1) is 10.2. The third-order valence-electron chi connectivity index (χ3n) is 2.79. The fourth-order valence-electron chi connectivity index (χ4n) is 1.80. The summed E-state index contributed by atoms with van der Waals surface area (Å²) in [6.45, 7) is 7.40. The van der Waals surface area contributed by atoms with Crippen LogP contribution in [0.1, 0.15) is 37.5 Å². The van der Waals surface area contributed by atoms with Gasteiger partial charge in [0.25, 0.3) is 0 Å². The average molecular weight is 203 g/mol. The fourth-order valence-corrected chi connectivity index (χ4v) is 1.80. The Morgan fingerprint density at radius 1 is 1.27 bits per heavy atom. The van der Waals surface area contributed by atoms with Crippen LogP contribution in [-0.2, 0) is 16.7 Å². The topological polar surface area (TPSA) is 21.6 Å². The highest BCUT2D eigenvalue weighted by molar-refractivity contribution is 5.97. The van der Waals surface area contributed by atoms with Crippen molar-refractivity contribution in [3.63, 3.8) is 0 Å². The summed E-state index contributed by atoms with van der Waals surface area (Å²) in [5, 5.41) is 0. The predicted molar refractivity (Wildman–Crippen MR) is 62.4 cm³/mol. The van der Waals surface area contributed by atoms with Crippen LogP contribution < -0.4 is 0 Å². The second kappa shape index (κ2) is 3.37. The second-order valence-corrected chi connectivity index (χ2v) is 4.95. The molecule has 80 valence electrons. The summed E-state index contributed by atoms with van der Waals surface area (Å²) in [4.78, 5) is 4.34. The molecule has 0 fully saturated rings. The van der Waals surface area contributed by atoms with Crippen molar-refractivity contribution in [2.24, 2.45) is 4.99 Å². The number of hydrogen-bond acceptors (Lipinski definition) is 2. The van der Waals surface area contributed by atoms with E-state index in [2.05, 4.69) is 44.0 Å². The standard InChI is InChI=1S/C13H17NO/c1-13(2,3)10-6-5-9-8-14-12(15-4)11(9)7-10/h5-7H,8H2,1-4H3. The van der Waals surface area contributed by atoms with Gasteiger partial charge in [-0.1, -0.05) is 32.9 Å². The van der Waals surface area contributed by atoms with Crippen LogP contribution in [0.4, 0.5) is 0 Å². The Morgan fingerprint density at radius 2 is 2.00 bits per heavy atom. The molecule has 1 heterocycles. The van der Waals surface area contributed by atoms with E-state index in [1.165, 1.54) is 11.1 Å². The lowest BCUT2D eigenvalue weighted by Gasteiger charge is -2.20. The first-order valence-electron chi connectivity index (χ1n) is 5.24. The first-order valence-corrected chi connectivity index (χ1v) is 5.24. The van der Waals surface area contributed by atoms with Gasteiger partial charge in [0.1, 0.15) is 0 Å². The number of nitrogens with zero attached hydrogens (tertiary/aromatic N) is 1. The van der Waals surface area contributed by atoms with Gasteiger partial charge in [0, 0.05) is 5.56 Å². The summed E-state index contributed by atoms with van der Waals surface area (Å²) in [7, 11) is 1.68. The molecule has 0 radical (unpaired) electrons. The van der Waals surface area contributed by atoms with Crippen molar-refractivity contribution in [2.45, 2.75) is 32.7 Å². The molecular formula is C13H17NO. The molecule has 2 nitrogen and oxygen atoms in total. The third kappa shape index (κ3) is 1.76. The molecule has 1 aromatic carbocycles. The highest BCUT2D eigenvalue weighted by Gasteiger charge is 2.20. The minimum absolute atomic E-state index is 0.177. The molecule has 0 aromatic heterocycles. The molecule has 0 aliphatic carbocycles. The second-order valence-electron chi connectivity index (χ2n) is 4.95. The first-order chi connectivity index (χ1) is 7.02. The Bertz CT molecular complexity index is 413. The normalized spacial score (nSPS) is 14.8. The van der Waals surface area contributed by atoms with Gasteiger partial charge in [0.05, 0.1) is 13.7 Å². The summed E-state index contributed by atoms with van der Waals surface area (Å²) in [5.74, 6) is 0.774. The molecule has 2 heteroatoms. The highest BCUT2D eigenvalue weighted by Crippen LogP contribution is 2.27. The van der Waals surface area contributed by atoms with Crippen molar-refractivity contribution in [3.05, 3.63) is 34.9 Å². The van der Waals surface area contributed by atoms with Crippen LogP contribution in [0.3, 0.4) is 0 Å². The summed E-state index contributed by atoms with van der Waals surface area (Å²) in [5.41, 5.74) is 3.92. The zero-order valence-corrected chi connectivity index (χ0v) is 9.79. The van der Waals surface area contributed by atoms with Gasteiger partial charge in [-0.15, -0.1) is 0 Å². The zero-order chi connectivity index (χ0) is 11.1. The molecule has 0 unspecified atom stereocenters. The van der Waals surface area contributed by atoms with E-state index in [1.54, 1.807) is 7.11 Å². The number of fused-ring (bicyclic) bond motifs is 1. The average Bonchev–Trinajstić information content (AvgIpc) is 2.57. The Morgan fingerprint density at radius 3 is 2.60 bits per heavy atom. The van der Waals surface area contributed by atoms with E-state index in [4.69, 9.17) is 4.74 Å². The van der Waals surface area contributed by atoms with Crippen LogP contribution in [0.15, 0.2) is 23.2 Å². The maximum absolute atomic E-state index is 5.26. The van der Waals surface area contributed by atoms with Gasteiger partial charge < -0.3 is 4.74 Å². The maximum atomic E-state index is 5.26. The number of rotatable bonds is 0. The molecular weight excluding hydrogens is 186 g/mol. The minimum atomic E-state index is 0.177. The van der Waals surface area contributed by atoms with Crippen molar-refractivity contribution < 1.29 is 4.74 Å². The van der Waals surface area contributed by atoms with Crippen LogP contribution in [0.5, 0.6) is 0 Å². The van der Waals surface area contributed by atoms with Gasteiger partial charge in [-0.05, 0) is 22.6 Å². The molecule has 2 rings (SSSR count). The van der Waals surface area contributed by atoms with E-state index in [9.17, 15) is 0 Å². The van der Waals surface area contributed by atoms with Gasteiger partial charge >= 0.3 is 0 Å². The molecule has 0 saturated heterocycles. The van der Waals surface area contributed by atoms with Gasteiger partial charge in [0.2, 0.25) is 5.90 Å². The molecule has 1 aliphatic heterocycles. The van der Waals surface area contributed by atoms with E-state index in [1.807, 2.05) is 0 Å². The molecule has 0 spiro atoms. The van der Waals surface area contributed by atoms with Gasteiger partial charge in [-0.25, -0.2) is 4.99 Å². The van der Waals surface area contributed by atoms with Crippen LogP contribution >= 0.6 is 0 Å². The lowest BCUT2D eigenvalue weighted by molar-refractivity contribution is 0.405. The summed E-state index contributed by atoms with van der Waals surface area (Å²) < 4.78 is 5.26. The van der Waals surface area contributed by atoms with E-state index < -0.39 is 0 Å². The van der Waals surface area contributed by atoms with Crippen molar-refractivity contribution in [3.8, 4) is 0 Å². The quantitative estimate of drug-likeness (QED) is 0.635. The maximum Gasteiger partial charge on any atom is 0.216 e. The Hall–Kier alpha value is -1.31. The predicted octanol–water partition coefficient (Wildman–Crippen LogP) is 2.89. The lowest BCUT2D eigenvalue weighted by Crippen LogP contribution is -2.12. The Labute approximate surface area is 91.0 Å². The fraction of sp³-hybridized carbons (Fsp3) is 0.462. The van der Waals surface area contributed by atoms with Crippen LogP contribution in [0.25, 0.3) is 0 Å². The van der Waals surface area contributed by atoms with Gasteiger partial charge in [-0.2, -0.15) is 0 Å². The molecule has 0 saturated carbocycles. The molecule has 1 aromatic rings. The highest BCUT2D eigenvalue weighted by atomic mass is 16.5. The van der Waals surface area contributed by atoms with E-state index >= 15 is 0 Å². The van der Waals surface area contributed by atoms with Crippen LogP contribution in [0, 0.1) is 0 Å². The van der Waals surface area contributed by atoms with Gasteiger partial charge in [-0.3, -0.25) is 0 Å². The van der Waals surface area contributed by atoms with Crippen molar-refractivity contribution in [2.75, 3.05) is 7.11 Å². The van der Waals surface area contributed by atoms with Crippen LogP contribution in [-0.4, -0.2) is 13.0 Å². The summed E-state index contributed by atoms with van der Waals surface area (Å²) >= 11 is 0.